The van der Waals surface area contributed by atoms with Crippen LogP contribution in [0.15, 0.2) is 30.5 Å². The fourth-order valence-electron chi connectivity index (χ4n) is 2.44. The van der Waals surface area contributed by atoms with E-state index < -0.39 is 0 Å². The highest BCUT2D eigenvalue weighted by atomic mass is 16.1. The standard InChI is InChI=1S/C15H19N3O/c16-14(19)7-9-18-8-6-11-2-1-3-12(15(11)18)10-17-13-4-5-13/h1-3,6,8,13,17H,4-5,7,9-10H2,(H2,16,19). The fourth-order valence-corrected chi connectivity index (χ4v) is 2.44. The van der Waals surface area contributed by atoms with Crippen LogP contribution < -0.4 is 11.1 Å². The molecule has 1 amide bonds. The molecule has 1 heterocycles. The van der Waals surface area contributed by atoms with Gasteiger partial charge in [-0.1, -0.05) is 18.2 Å². The van der Waals surface area contributed by atoms with Gasteiger partial charge in [-0.15, -0.1) is 0 Å². The van der Waals surface area contributed by atoms with Gasteiger partial charge in [0.1, 0.15) is 0 Å². The van der Waals surface area contributed by atoms with Crippen LogP contribution >= 0.6 is 0 Å². The highest BCUT2D eigenvalue weighted by Crippen LogP contribution is 2.23. The van der Waals surface area contributed by atoms with Crippen molar-refractivity contribution in [2.75, 3.05) is 0 Å². The van der Waals surface area contributed by atoms with E-state index in [9.17, 15) is 4.79 Å². The summed E-state index contributed by atoms with van der Waals surface area (Å²) in [5.74, 6) is -0.254. The number of carbonyl (C=O) groups excluding carboxylic acids is 1. The monoisotopic (exact) mass is 257 g/mol. The molecule has 4 heteroatoms. The number of nitrogens with one attached hydrogen (secondary N) is 1. The minimum Gasteiger partial charge on any atom is -0.370 e. The zero-order valence-electron chi connectivity index (χ0n) is 10.9. The highest BCUT2D eigenvalue weighted by Gasteiger charge is 2.20. The summed E-state index contributed by atoms with van der Waals surface area (Å²) in [6, 6.07) is 9.14. The van der Waals surface area contributed by atoms with Crippen molar-refractivity contribution in [2.45, 2.75) is 38.4 Å². The molecule has 19 heavy (non-hydrogen) atoms. The molecule has 0 atom stereocenters. The Kier molecular flexibility index (Phi) is 3.25. The van der Waals surface area contributed by atoms with Crippen molar-refractivity contribution in [3.05, 3.63) is 36.0 Å². The molecule has 1 saturated carbocycles. The van der Waals surface area contributed by atoms with Gasteiger partial charge in [-0.05, 0) is 29.9 Å². The third-order valence-corrected chi connectivity index (χ3v) is 3.63. The van der Waals surface area contributed by atoms with Crippen LogP contribution in [-0.4, -0.2) is 16.5 Å². The third kappa shape index (κ3) is 2.79. The number of aromatic nitrogens is 1. The second-order valence-electron chi connectivity index (χ2n) is 5.24. The van der Waals surface area contributed by atoms with Crippen molar-refractivity contribution in [3.8, 4) is 0 Å². The number of hydrogen-bond acceptors (Lipinski definition) is 2. The summed E-state index contributed by atoms with van der Waals surface area (Å²) in [5.41, 5.74) is 7.74. The van der Waals surface area contributed by atoms with Gasteiger partial charge >= 0.3 is 0 Å². The molecule has 0 spiro atoms. The van der Waals surface area contributed by atoms with Gasteiger partial charge in [0.15, 0.2) is 0 Å². The van der Waals surface area contributed by atoms with Crippen molar-refractivity contribution in [2.24, 2.45) is 5.73 Å². The van der Waals surface area contributed by atoms with E-state index in [-0.39, 0.29) is 5.91 Å². The van der Waals surface area contributed by atoms with E-state index in [2.05, 4.69) is 34.1 Å². The van der Waals surface area contributed by atoms with Gasteiger partial charge in [-0.2, -0.15) is 0 Å². The van der Waals surface area contributed by atoms with E-state index in [0.29, 0.717) is 19.0 Å². The smallest absolute Gasteiger partial charge is 0.219 e. The second kappa shape index (κ2) is 5.05. The molecule has 1 aliphatic carbocycles. The number of para-hydroxylation sites is 1. The Bertz CT molecular complexity index is 598. The minimum absolute atomic E-state index is 0.254. The van der Waals surface area contributed by atoms with E-state index in [4.69, 9.17) is 5.73 Å². The number of nitrogens with two attached hydrogens (primary N) is 1. The predicted octanol–water partition coefficient (Wildman–Crippen LogP) is 1.77. The van der Waals surface area contributed by atoms with Crippen LogP contribution in [0.4, 0.5) is 0 Å². The number of amides is 1. The van der Waals surface area contributed by atoms with Crippen LogP contribution in [0.2, 0.25) is 0 Å². The molecule has 0 saturated heterocycles. The lowest BCUT2D eigenvalue weighted by atomic mass is 10.1. The molecular formula is C15H19N3O. The molecule has 3 rings (SSSR count). The summed E-state index contributed by atoms with van der Waals surface area (Å²) < 4.78 is 2.13. The Hall–Kier alpha value is -1.81. The van der Waals surface area contributed by atoms with E-state index in [1.54, 1.807) is 0 Å². The molecule has 1 aromatic carbocycles. The lowest BCUT2D eigenvalue weighted by molar-refractivity contribution is -0.118. The number of rotatable bonds is 6. The van der Waals surface area contributed by atoms with E-state index >= 15 is 0 Å². The van der Waals surface area contributed by atoms with Crippen LogP contribution in [0.5, 0.6) is 0 Å². The Morgan fingerprint density at radius 1 is 1.37 bits per heavy atom. The molecule has 2 aromatic rings. The first-order chi connectivity index (χ1) is 9.24. The molecule has 0 aliphatic heterocycles. The number of primary amides is 1. The Balaban J connectivity index is 1.86. The SMILES string of the molecule is NC(=O)CCn1ccc2cccc(CNC3CC3)c21. The van der Waals surface area contributed by atoms with E-state index in [1.807, 2.05) is 6.20 Å². The van der Waals surface area contributed by atoms with Crippen molar-refractivity contribution in [3.63, 3.8) is 0 Å². The molecule has 4 nitrogen and oxygen atoms in total. The fraction of sp³-hybridized carbons (Fsp3) is 0.400. The van der Waals surface area contributed by atoms with Crippen molar-refractivity contribution in [1.29, 1.82) is 0 Å². The predicted molar refractivity (Wildman–Crippen MR) is 75.6 cm³/mol. The first kappa shape index (κ1) is 12.2. The van der Waals surface area contributed by atoms with Crippen LogP contribution in [0, 0.1) is 0 Å². The normalized spacial score (nSPS) is 14.9. The number of aryl methyl sites for hydroxylation is 1. The maximum absolute atomic E-state index is 10.9. The van der Waals surface area contributed by atoms with Gasteiger partial charge in [0.25, 0.3) is 0 Å². The van der Waals surface area contributed by atoms with Gasteiger partial charge < -0.3 is 15.6 Å². The summed E-state index contributed by atoms with van der Waals surface area (Å²) in [7, 11) is 0. The van der Waals surface area contributed by atoms with Crippen molar-refractivity contribution in [1.82, 2.24) is 9.88 Å². The molecular weight excluding hydrogens is 238 g/mol. The Labute approximate surface area is 112 Å². The van der Waals surface area contributed by atoms with Gasteiger partial charge in [-0.25, -0.2) is 0 Å². The lowest BCUT2D eigenvalue weighted by Crippen LogP contribution is -2.17. The summed E-state index contributed by atoms with van der Waals surface area (Å²) in [6.45, 7) is 1.54. The molecule has 100 valence electrons. The summed E-state index contributed by atoms with van der Waals surface area (Å²) in [5, 5.41) is 4.76. The molecule has 1 fully saturated rings. The van der Waals surface area contributed by atoms with Crippen LogP contribution in [0.25, 0.3) is 10.9 Å². The van der Waals surface area contributed by atoms with Crippen molar-refractivity contribution >= 4 is 16.8 Å². The van der Waals surface area contributed by atoms with Gasteiger partial charge in [0.2, 0.25) is 5.91 Å². The maximum Gasteiger partial charge on any atom is 0.219 e. The molecule has 0 bridgehead atoms. The summed E-state index contributed by atoms with van der Waals surface area (Å²) >= 11 is 0. The minimum atomic E-state index is -0.254. The first-order valence-electron chi connectivity index (χ1n) is 6.82. The molecule has 1 aromatic heterocycles. The number of benzene rings is 1. The quantitative estimate of drug-likeness (QED) is 0.828. The zero-order chi connectivity index (χ0) is 13.2. The molecule has 3 N–H and O–H groups in total. The zero-order valence-corrected chi connectivity index (χ0v) is 10.9. The Morgan fingerprint density at radius 3 is 2.95 bits per heavy atom. The number of carbonyl (C=O) groups is 1. The average molecular weight is 257 g/mol. The molecule has 1 aliphatic rings. The summed E-state index contributed by atoms with van der Waals surface area (Å²) in [4.78, 5) is 10.9. The Morgan fingerprint density at radius 2 is 2.21 bits per heavy atom. The van der Waals surface area contributed by atoms with Gasteiger partial charge in [0, 0.05) is 31.7 Å². The van der Waals surface area contributed by atoms with Gasteiger partial charge in [0.05, 0.1) is 5.52 Å². The van der Waals surface area contributed by atoms with E-state index in [0.717, 1.165) is 6.54 Å². The van der Waals surface area contributed by atoms with E-state index in [1.165, 1.54) is 29.3 Å². The lowest BCUT2D eigenvalue weighted by Gasteiger charge is -2.10. The van der Waals surface area contributed by atoms with Crippen LogP contribution in [0.3, 0.4) is 0 Å². The molecule has 0 radical (unpaired) electrons. The number of fused-ring (bicyclic) bond motifs is 1. The first-order valence-corrected chi connectivity index (χ1v) is 6.82. The van der Waals surface area contributed by atoms with Crippen LogP contribution in [-0.2, 0) is 17.9 Å². The average Bonchev–Trinajstić information content (AvgIpc) is 3.13. The largest absolute Gasteiger partial charge is 0.370 e. The maximum atomic E-state index is 10.9. The third-order valence-electron chi connectivity index (χ3n) is 3.63. The summed E-state index contributed by atoms with van der Waals surface area (Å²) in [6.07, 6.45) is 5.00. The number of hydrogen-bond donors (Lipinski definition) is 2. The van der Waals surface area contributed by atoms with Crippen LogP contribution in [0.1, 0.15) is 24.8 Å². The number of nitrogens with zero attached hydrogens (tertiary/aromatic N) is 1. The second-order valence-corrected chi connectivity index (χ2v) is 5.24. The topological polar surface area (TPSA) is 60.1 Å². The molecule has 0 unspecified atom stereocenters. The van der Waals surface area contributed by atoms with Crippen molar-refractivity contribution < 1.29 is 4.79 Å². The van der Waals surface area contributed by atoms with Gasteiger partial charge in [-0.3, -0.25) is 4.79 Å². The highest BCUT2D eigenvalue weighted by molar-refractivity contribution is 5.83.